The zero-order chi connectivity index (χ0) is 24.2. The number of hydrogen-bond acceptors (Lipinski definition) is 3. The number of benzene rings is 2. The van der Waals surface area contributed by atoms with E-state index in [1.165, 1.54) is 10.5 Å². The SMILES string of the molecule is CC(C)c1ccc([C@@H](NC(=O)[C@@H]2C[C@@H](F)CN2C(=O)C(C)n2ccnc2)c2ccccc2)cc1. The molecule has 1 unspecified atom stereocenters. The van der Waals surface area contributed by atoms with Gasteiger partial charge in [-0.15, -0.1) is 0 Å². The van der Waals surface area contributed by atoms with Gasteiger partial charge in [0.25, 0.3) is 0 Å². The van der Waals surface area contributed by atoms with Crippen LogP contribution < -0.4 is 5.32 Å². The maximum absolute atomic E-state index is 14.5. The number of hydrogen-bond donors (Lipinski definition) is 1. The highest BCUT2D eigenvalue weighted by Crippen LogP contribution is 2.28. The Bertz CT molecular complexity index is 1100. The van der Waals surface area contributed by atoms with Gasteiger partial charge >= 0.3 is 0 Å². The molecule has 4 atom stereocenters. The Morgan fingerprint density at radius 3 is 2.26 bits per heavy atom. The van der Waals surface area contributed by atoms with Gasteiger partial charge in [-0.2, -0.15) is 0 Å². The zero-order valence-electron chi connectivity index (χ0n) is 19.8. The standard InChI is InChI=1S/C27H31FN4O2/c1-18(2)20-9-11-22(12-10-20)25(21-7-5-4-6-8-21)30-26(33)24-15-23(28)16-32(24)27(34)19(3)31-14-13-29-17-31/h4-14,17-19,23-25H,15-16H2,1-3H3,(H,30,33)/t19?,23-,24+,25+/m1/s1. The van der Waals surface area contributed by atoms with Gasteiger partial charge in [-0.25, -0.2) is 9.37 Å². The Balaban J connectivity index is 1.58. The van der Waals surface area contributed by atoms with Gasteiger partial charge < -0.3 is 14.8 Å². The highest BCUT2D eigenvalue weighted by molar-refractivity contribution is 5.90. The molecule has 1 aromatic heterocycles. The molecule has 1 aliphatic heterocycles. The summed E-state index contributed by atoms with van der Waals surface area (Å²) in [5.74, 6) is -0.250. The average Bonchev–Trinajstić information content (AvgIpc) is 3.52. The lowest BCUT2D eigenvalue weighted by Crippen LogP contribution is -2.48. The number of rotatable bonds is 7. The second-order valence-electron chi connectivity index (χ2n) is 9.20. The molecule has 0 saturated carbocycles. The summed E-state index contributed by atoms with van der Waals surface area (Å²) in [5.41, 5.74) is 3.07. The molecule has 0 radical (unpaired) electrons. The predicted molar refractivity (Wildman–Crippen MR) is 129 cm³/mol. The Morgan fingerprint density at radius 1 is 1.00 bits per heavy atom. The summed E-state index contributed by atoms with van der Waals surface area (Å²) in [4.78, 5) is 32.0. The van der Waals surface area contributed by atoms with Crippen LogP contribution in [0.15, 0.2) is 73.3 Å². The maximum atomic E-state index is 14.5. The number of nitrogens with zero attached hydrogens (tertiary/aromatic N) is 3. The molecule has 1 fully saturated rings. The third-order valence-corrected chi connectivity index (χ3v) is 6.52. The number of alkyl halides is 1. The number of amides is 2. The molecule has 34 heavy (non-hydrogen) atoms. The van der Waals surface area contributed by atoms with Crippen molar-refractivity contribution in [3.8, 4) is 0 Å². The van der Waals surface area contributed by atoms with Crippen LogP contribution in [0.4, 0.5) is 4.39 Å². The van der Waals surface area contributed by atoms with Crippen LogP contribution in [0.25, 0.3) is 0 Å². The minimum Gasteiger partial charge on any atom is -0.343 e. The van der Waals surface area contributed by atoms with Gasteiger partial charge in [-0.3, -0.25) is 9.59 Å². The monoisotopic (exact) mass is 462 g/mol. The van der Waals surface area contributed by atoms with Gasteiger partial charge in [0, 0.05) is 18.8 Å². The van der Waals surface area contributed by atoms with Gasteiger partial charge in [0.05, 0.1) is 18.9 Å². The van der Waals surface area contributed by atoms with E-state index in [0.29, 0.717) is 5.92 Å². The van der Waals surface area contributed by atoms with Crippen molar-refractivity contribution >= 4 is 11.8 Å². The Morgan fingerprint density at radius 2 is 1.65 bits per heavy atom. The summed E-state index contributed by atoms with van der Waals surface area (Å²) in [6, 6.07) is 16.0. The average molecular weight is 463 g/mol. The van der Waals surface area contributed by atoms with Crippen molar-refractivity contribution in [3.05, 3.63) is 90.0 Å². The normalized spacial score (nSPS) is 19.7. The number of carbonyl (C=O) groups excluding carboxylic acids is 2. The quantitative estimate of drug-likeness (QED) is 0.566. The van der Waals surface area contributed by atoms with E-state index in [1.54, 1.807) is 30.2 Å². The highest BCUT2D eigenvalue weighted by atomic mass is 19.1. The fourth-order valence-electron chi connectivity index (χ4n) is 4.46. The molecular formula is C27H31FN4O2. The molecule has 1 aliphatic rings. The molecule has 1 saturated heterocycles. The van der Waals surface area contributed by atoms with Gasteiger partial charge in [-0.1, -0.05) is 68.4 Å². The molecule has 178 valence electrons. The third-order valence-electron chi connectivity index (χ3n) is 6.52. The summed E-state index contributed by atoms with van der Waals surface area (Å²) in [6.07, 6.45) is 3.57. The largest absolute Gasteiger partial charge is 0.343 e. The van der Waals surface area contributed by atoms with E-state index in [1.807, 2.05) is 42.5 Å². The second-order valence-corrected chi connectivity index (χ2v) is 9.20. The Labute approximate surface area is 199 Å². The summed E-state index contributed by atoms with van der Waals surface area (Å²) in [7, 11) is 0. The van der Waals surface area contributed by atoms with Crippen LogP contribution in [0.5, 0.6) is 0 Å². The molecule has 0 spiro atoms. The van der Waals surface area contributed by atoms with Crippen LogP contribution in [-0.4, -0.2) is 45.0 Å². The van der Waals surface area contributed by atoms with Gasteiger partial charge in [0.2, 0.25) is 11.8 Å². The maximum Gasteiger partial charge on any atom is 0.246 e. The predicted octanol–water partition coefficient (Wildman–Crippen LogP) is 4.41. The number of nitrogens with one attached hydrogen (secondary N) is 1. The molecule has 0 bridgehead atoms. The zero-order valence-corrected chi connectivity index (χ0v) is 19.8. The van der Waals surface area contributed by atoms with Crippen LogP contribution in [0.3, 0.4) is 0 Å². The fourth-order valence-corrected chi connectivity index (χ4v) is 4.46. The van der Waals surface area contributed by atoms with E-state index in [0.717, 1.165) is 11.1 Å². The number of imidazole rings is 1. The first-order chi connectivity index (χ1) is 16.3. The topological polar surface area (TPSA) is 67.2 Å². The highest BCUT2D eigenvalue weighted by Gasteiger charge is 2.42. The number of likely N-dealkylation sites (tertiary alicyclic amines) is 1. The minimum atomic E-state index is -1.24. The van der Waals surface area contributed by atoms with Crippen molar-refractivity contribution in [2.24, 2.45) is 0 Å². The number of halogens is 1. The molecule has 2 heterocycles. The lowest BCUT2D eigenvalue weighted by Gasteiger charge is -2.29. The van der Waals surface area contributed by atoms with Gasteiger partial charge in [-0.05, 0) is 29.5 Å². The van der Waals surface area contributed by atoms with E-state index >= 15 is 0 Å². The first kappa shape index (κ1) is 23.7. The fraction of sp³-hybridized carbons (Fsp3) is 0.370. The number of aromatic nitrogens is 2. The molecule has 3 aromatic rings. The van der Waals surface area contributed by atoms with Crippen molar-refractivity contribution in [2.45, 2.75) is 57.4 Å². The molecule has 0 aliphatic carbocycles. The van der Waals surface area contributed by atoms with Crippen molar-refractivity contribution in [1.29, 1.82) is 0 Å². The summed E-state index contributed by atoms with van der Waals surface area (Å²) in [5, 5.41) is 3.10. The van der Waals surface area contributed by atoms with Crippen molar-refractivity contribution < 1.29 is 14.0 Å². The van der Waals surface area contributed by atoms with Crippen molar-refractivity contribution in [3.63, 3.8) is 0 Å². The Hall–Kier alpha value is -3.48. The third kappa shape index (κ3) is 5.03. The molecule has 2 aromatic carbocycles. The van der Waals surface area contributed by atoms with E-state index in [4.69, 9.17) is 0 Å². The van der Waals surface area contributed by atoms with Crippen LogP contribution in [0.2, 0.25) is 0 Å². The van der Waals surface area contributed by atoms with Crippen molar-refractivity contribution in [2.75, 3.05) is 6.54 Å². The molecule has 7 heteroatoms. The van der Waals surface area contributed by atoms with Crippen LogP contribution in [0.1, 0.15) is 61.9 Å². The molecule has 4 rings (SSSR count). The molecule has 1 N–H and O–H groups in total. The summed E-state index contributed by atoms with van der Waals surface area (Å²) >= 11 is 0. The van der Waals surface area contributed by atoms with E-state index in [9.17, 15) is 14.0 Å². The number of carbonyl (C=O) groups is 2. The van der Waals surface area contributed by atoms with Crippen LogP contribution in [-0.2, 0) is 9.59 Å². The smallest absolute Gasteiger partial charge is 0.246 e. The first-order valence-electron chi connectivity index (χ1n) is 11.7. The second kappa shape index (κ2) is 10.2. The lowest BCUT2D eigenvalue weighted by molar-refractivity contribution is -0.140. The molecule has 2 amide bonds. The van der Waals surface area contributed by atoms with Gasteiger partial charge in [0.15, 0.2) is 0 Å². The summed E-state index contributed by atoms with van der Waals surface area (Å²) < 4.78 is 16.1. The van der Waals surface area contributed by atoms with Crippen molar-refractivity contribution in [1.82, 2.24) is 19.8 Å². The van der Waals surface area contributed by atoms with Gasteiger partial charge in [0.1, 0.15) is 18.3 Å². The van der Waals surface area contributed by atoms with Crippen LogP contribution in [0, 0.1) is 0 Å². The molecular weight excluding hydrogens is 431 g/mol. The van der Waals surface area contributed by atoms with Crippen LogP contribution >= 0.6 is 0 Å². The lowest BCUT2D eigenvalue weighted by atomic mass is 9.95. The van der Waals surface area contributed by atoms with E-state index in [2.05, 4.69) is 36.3 Å². The molecule has 6 nitrogen and oxygen atoms in total. The van der Waals surface area contributed by atoms with E-state index in [-0.39, 0.29) is 24.8 Å². The summed E-state index contributed by atoms with van der Waals surface area (Å²) in [6.45, 7) is 5.91. The Kier molecular flexibility index (Phi) is 7.10. The minimum absolute atomic E-state index is 0.0119. The first-order valence-corrected chi connectivity index (χ1v) is 11.7. The van der Waals surface area contributed by atoms with E-state index < -0.39 is 24.3 Å².